The van der Waals surface area contributed by atoms with E-state index in [1.807, 2.05) is 0 Å². The topological polar surface area (TPSA) is 39.3 Å². The molecule has 1 heterocycles. The van der Waals surface area contributed by atoms with Crippen LogP contribution in [-0.4, -0.2) is 53.9 Å². The number of nitrogens with zero attached hydrogens (tertiary/aromatic N) is 2. The molecule has 2 aromatic rings. The van der Waals surface area contributed by atoms with E-state index < -0.39 is 0 Å². The third-order valence-corrected chi connectivity index (χ3v) is 5.89. The van der Waals surface area contributed by atoms with Crippen molar-refractivity contribution in [3.05, 3.63) is 34.5 Å². The van der Waals surface area contributed by atoms with Gasteiger partial charge in [0.05, 0.1) is 6.42 Å². The lowest BCUT2D eigenvalue weighted by atomic mass is 10.0. The van der Waals surface area contributed by atoms with Crippen LogP contribution in [0.1, 0.15) is 48.1 Å². The maximum atomic E-state index is 13.3. The van der Waals surface area contributed by atoms with E-state index in [9.17, 15) is 4.79 Å². The normalized spacial score (nSPS) is 15.3. The predicted molar refractivity (Wildman–Crippen MR) is 109 cm³/mol. The van der Waals surface area contributed by atoms with Crippen LogP contribution in [0.2, 0.25) is 0 Å². The maximum Gasteiger partial charge on any atom is 0.227 e. The number of amides is 1. The van der Waals surface area contributed by atoms with Gasteiger partial charge in [0.1, 0.15) is 0 Å². The van der Waals surface area contributed by atoms with Gasteiger partial charge in [0.2, 0.25) is 5.91 Å². The number of fused-ring (bicyclic) bond motifs is 1. The molecule has 0 atom stereocenters. The first kappa shape index (κ1) is 19.0. The number of aryl methyl sites for hydroxylation is 3. The van der Waals surface area contributed by atoms with Crippen LogP contribution < -0.4 is 0 Å². The van der Waals surface area contributed by atoms with Crippen molar-refractivity contribution in [1.29, 1.82) is 0 Å². The summed E-state index contributed by atoms with van der Waals surface area (Å²) in [5.41, 5.74) is 5.99. The summed E-state index contributed by atoms with van der Waals surface area (Å²) >= 11 is 0. The van der Waals surface area contributed by atoms with E-state index in [1.54, 1.807) is 0 Å². The molecule has 0 aliphatic heterocycles. The van der Waals surface area contributed by atoms with Crippen molar-refractivity contribution in [2.24, 2.45) is 0 Å². The van der Waals surface area contributed by atoms with Gasteiger partial charge in [-0.1, -0.05) is 25.0 Å². The van der Waals surface area contributed by atoms with E-state index in [4.69, 9.17) is 0 Å². The summed E-state index contributed by atoms with van der Waals surface area (Å²) in [6.45, 7) is 8.12. The number of carbonyl (C=O) groups excluding carboxylic acids is 1. The molecule has 0 saturated heterocycles. The molecule has 0 unspecified atom stereocenters. The minimum absolute atomic E-state index is 0.281. The van der Waals surface area contributed by atoms with Crippen LogP contribution >= 0.6 is 0 Å². The molecule has 1 fully saturated rings. The van der Waals surface area contributed by atoms with Gasteiger partial charge in [-0.25, -0.2) is 0 Å². The van der Waals surface area contributed by atoms with Crippen molar-refractivity contribution in [3.63, 3.8) is 0 Å². The summed E-state index contributed by atoms with van der Waals surface area (Å²) in [5, 5.41) is 1.25. The van der Waals surface area contributed by atoms with Crippen molar-refractivity contribution >= 4 is 16.8 Å². The fourth-order valence-electron chi connectivity index (χ4n) is 4.32. The molecule has 1 aliphatic carbocycles. The SMILES string of the molecule is Cc1[nH]c2c(C)ccc(C)c2c1CC(=O)N(CCN(C)C)C1CCCC1. The molecule has 26 heavy (non-hydrogen) atoms. The van der Waals surface area contributed by atoms with Crippen molar-refractivity contribution in [2.75, 3.05) is 27.2 Å². The van der Waals surface area contributed by atoms with Gasteiger partial charge < -0.3 is 14.8 Å². The Hall–Kier alpha value is -1.81. The predicted octanol–water partition coefficient (Wildman–Crippen LogP) is 3.97. The second-order valence-electron chi connectivity index (χ2n) is 8.18. The summed E-state index contributed by atoms with van der Waals surface area (Å²) < 4.78 is 0. The lowest BCUT2D eigenvalue weighted by molar-refractivity contribution is -0.132. The Morgan fingerprint density at radius 3 is 2.38 bits per heavy atom. The molecule has 1 aromatic carbocycles. The lowest BCUT2D eigenvalue weighted by Gasteiger charge is -2.30. The summed E-state index contributed by atoms with van der Waals surface area (Å²) in [6, 6.07) is 4.75. The van der Waals surface area contributed by atoms with E-state index in [0.717, 1.165) is 31.6 Å². The van der Waals surface area contributed by atoms with Crippen LogP contribution in [0.4, 0.5) is 0 Å². The van der Waals surface area contributed by atoms with E-state index in [-0.39, 0.29) is 5.91 Å². The number of carbonyl (C=O) groups is 1. The average molecular weight is 356 g/mol. The molecule has 1 amide bonds. The highest BCUT2D eigenvalue weighted by Gasteiger charge is 2.27. The Morgan fingerprint density at radius 2 is 1.73 bits per heavy atom. The van der Waals surface area contributed by atoms with Gasteiger partial charge >= 0.3 is 0 Å². The number of H-pyrrole nitrogens is 1. The highest BCUT2D eigenvalue weighted by atomic mass is 16.2. The first-order chi connectivity index (χ1) is 12.4. The van der Waals surface area contributed by atoms with Gasteiger partial charge in [0.25, 0.3) is 0 Å². The van der Waals surface area contributed by atoms with Crippen molar-refractivity contribution in [1.82, 2.24) is 14.8 Å². The summed E-state index contributed by atoms with van der Waals surface area (Å²) in [7, 11) is 4.15. The Labute approximate surface area is 157 Å². The maximum absolute atomic E-state index is 13.3. The summed E-state index contributed by atoms with van der Waals surface area (Å²) in [6.07, 6.45) is 5.32. The molecule has 1 aliphatic rings. The van der Waals surface area contributed by atoms with E-state index >= 15 is 0 Å². The molecule has 1 saturated carbocycles. The van der Waals surface area contributed by atoms with E-state index in [2.05, 4.69) is 61.8 Å². The molecule has 3 rings (SSSR count). The summed E-state index contributed by atoms with van der Waals surface area (Å²) in [5.74, 6) is 0.281. The largest absolute Gasteiger partial charge is 0.358 e. The van der Waals surface area contributed by atoms with Gasteiger partial charge in [-0.05, 0) is 64.4 Å². The highest BCUT2D eigenvalue weighted by molar-refractivity contribution is 5.94. The fourth-order valence-corrected chi connectivity index (χ4v) is 4.32. The number of rotatable bonds is 6. The molecular weight excluding hydrogens is 322 g/mol. The van der Waals surface area contributed by atoms with Gasteiger partial charge in [0, 0.05) is 35.7 Å². The molecule has 4 nitrogen and oxygen atoms in total. The molecule has 1 N–H and O–H groups in total. The Bertz CT molecular complexity index is 784. The second kappa shape index (κ2) is 7.83. The third kappa shape index (κ3) is 3.80. The fraction of sp³-hybridized carbons (Fsp3) is 0.591. The van der Waals surface area contributed by atoms with Crippen LogP contribution in [0.3, 0.4) is 0 Å². The van der Waals surface area contributed by atoms with Gasteiger partial charge in [-0.2, -0.15) is 0 Å². The zero-order chi connectivity index (χ0) is 18.8. The zero-order valence-electron chi connectivity index (χ0n) is 17.0. The van der Waals surface area contributed by atoms with Crippen LogP contribution in [0, 0.1) is 20.8 Å². The number of benzene rings is 1. The van der Waals surface area contributed by atoms with Gasteiger partial charge in [-0.15, -0.1) is 0 Å². The number of aromatic amines is 1. The quantitative estimate of drug-likeness (QED) is 0.852. The van der Waals surface area contributed by atoms with E-state index in [0.29, 0.717) is 12.5 Å². The standard InChI is InChI=1S/C22H33N3O/c1-15-10-11-16(2)22-21(15)19(17(3)23-22)14-20(26)25(13-12-24(4)5)18-8-6-7-9-18/h10-11,18,23H,6-9,12-14H2,1-5H3. The van der Waals surface area contributed by atoms with Crippen molar-refractivity contribution < 1.29 is 4.79 Å². The Morgan fingerprint density at radius 1 is 1.08 bits per heavy atom. The first-order valence-electron chi connectivity index (χ1n) is 9.90. The van der Waals surface area contributed by atoms with Crippen LogP contribution in [0.25, 0.3) is 10.9 Å². The molecular formula is C22H33N3O. The third-order valence-electron chi connectivity index (χ3n) is 5.89. The second-order valence-corrected chi connectivity index (χ2v) is 8.18. The van der Waals surface area contributed by atoms with Crippen LogP contribution in [0.5, 0.6) is 0 Å². The molecule has 0 bridgehead atoms. The Kier molecular flexibility index (Phi) is 5.71. The number of likely N-dealkylation sites (N-methyl/N-ethyl adjacent to an activating group) is 1. The number of aromatic nitrogens is 1. The van der Waals surface area contributed by atoms with Gasteiger partial charge in [-0.3, -0.25) is 4.79 Å². The molecule has 0 radical (unpaired) electrons. The van der Waals surface area contributed by atoms with E-state index in [1.165, 1.54) is 40.4 Å². The Balaban J connectivity index is 1.88. The lowest BCUT2D eigenvalue weighted by Crippen LogP contribution is -2.43. The first-order valence-corrected chi connectivity index (χ1v) is 9.90. The highest BCUT2D eigenvalue weighted by Crippen LogP contribution is 2.30. The summed E-state index contributed by atoms with van der Waals surface area (Å²) in [4.78, 5) is 21.1. The average Bonchev–Trinajstić information content (AvgIpc) is 3.21. The number of hydrogen-bond acceptors (Lipinski definition) is 2. The minimum Gasteiger partial charge on any atom is -0.358 e. The van der Waals surface area contributed by atoms with Crippen LogP contribution in [0.15, 0.2) is 12.1 Å². The zero-order valence-corrected chi connectivity index (χ0v) is 17.0. The van der Waals surface area contributed by atoms with Crippen molar-refractivity contribution in [2.45, 2.75) is 58.9 Å². The number of nitrogens with one attached hydrogen (secondary N) is 1. The smallest absolute Gasteiger partial charge is 0.227 e. The molecule has 0 spiro atoms. The van der Waals surface area contributed by atoms with Gasteiger partial charge in [0.15, 0.2) is 0 Å². The minimum atomic E-state index is 0.281. The van der Waals surface area contributed by atoms with Crippen molar-refractivity contribution in [3.8, 4) is 0 Å². The molecule has 4 heteroatoms. The van der Waals surface area contributed by atoms with Crippen LogP contribution in [-0.2, 0) is 11.2 Å². The monoisotopic (exact) mass is 355 g/mol. The number of hydrogen-bond donors (Lipinski definition) is 1. The molecule has 142 valence electrons. The molecule has 1 aromatic heterocycles.